The molecule has 0 N–H and O–H groups in total. The highest BCUT2D eigenvalue weighted by atomic mass is 16.5. The molecule has 0 bridgehead atoms. The summed E-state index contributed by atoms with van der Waals surface area (Å²) in [6, 6.07) is 9.99. The van der Waals surface area contributed by atoms with Crippen LogP contribution in [0.25, 0.3) is 0 Å². The van der Waals surface area contributed by atoms with E-state index >= 15 is 0 Å². The Morgan fingerprint density at radius 2 is 2.05 bits per heavy atom. The molecule has 1 saturated heterocycles. The van der Waals surface area contributed by atoms with Gasteiger partial charge in [0.2, 0.25) is 0 Å². The third-order valence-corrected chi connectivity index (χ3v) is 3.70. The van der Waals surface area contributed by atoms with E-state index < -0.39 is 0 Å². The van der Waals surface area contributed by atoms with Crippen LogP contribution < -0.4 is 4.74 Å². The smallest absolute Gasteiger partial charge is 0.119 e. The van der Waals surface area contributed by atoms with Crippen LogP contribution in [-0.4, -0.2) is 55.7 Å². The molecule has 1 heterocycles. The number of rotatable bonds is 4. The van der Waals surface area contributed by atoms with Gasteiger partial charge in [-0.3, -0.25) is 4.90 Å². The van der Waals surface area contributed by atoms with Gasteiger partial charge < -0.3 is 9.64 Å². The maximum atomic E-state index is 8.72. The number of hydrogen-bond acceptors (Lipinski definition) is 4. The van der Waals surface area contributed by atoms with Gasteiger partial charge in [0, 0.05) is 32.2 Å². The highest BCUT2D eigenvalue weighted by Crippen LogP contribution is 2.12. The normalized spacial score (nSPS) is 21.0. The first-order chi connectivity index (χ1) is 9.19. The van der Waals surface area contributed by atoms with Crippen molar-refractivity contribution in [2.75, 3.05) is 39.8 Å². The Bertz CT molecular complexity index is 438. The number of piperazine rings is 1. The molecule has 0 amide bonds. The average Bonchev–Trinajstić information content (AvgIpc) is 2.43. The summed E-state index contributed by atoms with van der Waals surface area (Å²) >= 11 is 0. The Balaban J connectivity index is 1.73. The van der Waals surface area contributed by atoms with Gasteiger partial charge in [-0.1, -0.05) is 0 Å². The zero-order chi connectivity index (χ0) is 13.7. The molecule has 0 spiro atoms. The number of nitriles is 1. The van der Waals surface area contributed by atoms with E-state index in [0.29, 0.717) is 18.2 Å². The summed E-state index contributed by atoms with van der Waals surface area (Å²) in [7, 11) is 2.18. The fraction of sp³-hybridized carbons (Fsp3) is 0.533. The number of hydrogen-bond donors (Lipinski definition) is 0. The number of benzene rings is 1. The van der Waals surface area contributed by atoms with Crippen molar-refractivity contribution in [3.05, 3.63) is 29.8 Å². The molecule has 4 heteroatoms. The van der Waals surface area contributed by atoms with E-state index in [4.69, 9.17) is 10.00 Å². The van der Waals surface area contributed by atoms with Gasteiger partial charge in [-0.2, -0.15) is 5.26 Å². The molecular formula is C15H21N3O. The highest BCUT2D eigenvalue weighted by Gasteiger charge is 2.19. The first kappa shape index (κ1) is 13.9. The summed E-state index contributed by atoms with van der Waals surface area (Å²) in [6.07, 6.45) is 0. The lowest BCUT2D eigenvalue weighted by Crippen LogP contribution is -2.50. The molecule has 0 saturated carbocycles. The molecule has 1 aromatic carbocycles. The van der Waals surface area contributed by atoms with E-state index in [1.807, 2.05) is 12.1 Å². The zero-order valence-corrected chi connectivity index (χ0v) is 11.7. The molecule has 1 aromatic rings. The average molecular weight is 259 g/mol. The van der Waals surface area contributed by atoms with E-state index in [9.17, 15) is 0 Å². The lowest BCUT2D eigenvalue weighted by atomic mass is 10.2. The van der Waals surface area contributed by atoms with Gasteiger partial charge in [0.25, 0.3) is 0 Å². The number of likely N-dealkylation sites (N-methyl/N-ethyl adjacent to an activating group) is 1. The van der Waals surface area contributed by atoms with E-state index in [1.54, 1.807) is 12.1 Å². The molecular weight excluding hydrogens is 238 g/mol. The van der Waals surface area contributed by atoms with E-state index in [1.165, 1.54) is 0 Å². The monoisotopic (exact) mass is 259 g/mol. The largest absolute Gasteiger partial charge is 0.492 e. The molecule has 19 heavy (non-hydrogen) atoms. The summed E-state index contributed by atoms with van der Waals surface area (Å²) in [6.45, 7) is 7.25. The van der Waals surface area contributed by atoms with Crippen molar-refractivity contribution in [1.82, 2.24) is 9.80 Å². The van der Waals surface area contributed by atoms with E-state index in [0.717, 1.165) is 31.9 Å². The number of ether oxygens (including phenoxy) is 1. The van der Waals surface area contributed by atoms with Crippen molar-refractivity contribution in [2.45, 2.75) is 13.0 Å². The third kappa shape index (κ3) is 3.95. The van der Waals surface area contributed by atoms with Gasteiger partial charge in [-0.15, -0.1) is 0 Å². The summed E-state index contributed by atoms with van der Waals surface area (Å²) in [5, 5.41) is 8.72. The fourth-order valence-electron chi connectivity index (χ4n) is 2.25. The molecule has 1 aliphatic rings. The molecule has 1 unspecified atom stereocenters. The maximum absolute atomic E-state index is 8.72. The third-order valence-electron chi connectivity index (χ3n) is 3.70. The first-order valence-corrected chi connectivity index (χ1v) is 6.74. The standard InChI is InChI=1S/C15H21N3O/c1-13-12-18(8-7-17(13)2)9-10-19-15-5-3-14(11-16)4-6-15/h3-6,13H,7-10,12H2,1-2H3. The van der Waals surface area contributed by atoms with Gasteiger partial charge in [0.05, 0.1) is 11.6 Å². The predicted molar refractivity (Wildman–Crippen MR) is 75.2 cm³/mol. The minimum Gasteiger partial charge on any atom is -0.492 e. The Labute approximate surface area is 115 Å². The molecule has 1 fully saturated rings. The van der Waals surface area contributed by atoms with Crippen LogP contribution >= 0.6 is 0 Å². The lowest BCUT2D eigenvalue weighted by Gasteiger charge is -2.37. The van der Waals surface area contributed by atoms with Gasteiger partial charge >= 0.3 is 0 Å². The summed E-state index contributed by atoms with van der Waals surface area (Å²) < 4.78 is 5.71. The molecule has 102 valence electrons. The molecule has 0 aromatic heterocycles. The van der Waals surface area contributed by atoms with Crippen molar-refractivity contribution in [3.63, 3.8) is 0 Å². The fourth-order valence-corrected chi connectivity index (χ4v) is 2.25. The molecule has 2 rings (SSSR count). The Morgan fingerprint density at radius 3 is 2.68 bits per heavy atom. The summed E-state index contributed by atoms with van der Waals surface area (Å²) in [5.74, 6) is 0.834. The van der Waals surface area contributed by atoms with Gasteiger partial charge in [-0.25, -0.2) is 0 Å². The molecule has 1 aliphatic heterocycles. The zero-order valence-electron chi connectivity index (χ0n) is 11.7. The van der Waals surface area contributed by atoms with Crippen LogP contribution in [0, 0.1) is 11.3 Å². The van der Waals surface area contributed by atoms with Gasteiger partial charge in [0.15, 0.2) is 0 Å². The van der Waals surface area contributed by atoms with Crippen LogP contribution in [0.5, 0.6) is 5.75 Å². The van der Waals surface area contributed by atoms with Gasteiger partial charge in [-0.05, 0) is 38.2 Å². The van der Waals surface area contributed by atoms with Crippen LogP contribution in [-0.2, 0) is 0 Å². The summed E-state index contributed by atoms with van der Waals surface area (Å²) in [4.78, 5) is 4.83. The quantitative estimate of drug-likeness (QED) is 0.823. The molecule has 1 atom stereocenters. The van der Waals surface area contributed by atoms with Crippen LogP contribution in [0.2, 0.25) is 0 Å². The lowest BCUT2D eigenvalue weighted by molar-refractivity contribution is 0.0928. The van der Waals surface area contributed by atoms with Crippen molar-refractivity contribution >= 4 is 0 Å². The minimum atomic E-state index is 0.615. The van der Waals surface area contributed by atoms with E-state index in [-0.39, 0.29) is 0 Å². The maximum Gasteiger partial charge on any atom is 0.119 e. The Hall–Kier alpha value is -1.57. The predicted octanol–water partition coefficient (Wildman–Crippen LogP) is 1.57. The van der Waals surface area contributed by atoms with Crippen LogP contribution in [0.4, 0.5) is 0 Å². The summed E-state index contributed by atoms with van der Waals surface area (Å²) in [5.41, 5.74) is 0.667. The van der Waals surface area contributed by atoms with Crippen molar-refractivity contribution in [2.24, 2.45) is 0 Å². The van der Waals surface area contributed by atoms with Crippen LogP contribution in [0.1, 0.15) is 12.5 Å². The second-order valence-corrected chi connectivity index (χ2v) is 5.11. The van der Waals surface area contributed by atoms with E-state index in [2.05, 4.69) is 29.8 Å². The highest BCUT2D eigenvalue weighted by molar-refractivity contribution is 5.34. The second kappa shape index (κ2) is 6.55. The first-order valence-electron chi connectivity index (χ1n) is 6.74. The molecule has 0 radical (unpaired) electrons. The number of nitrogens with zero attached hydrogens (tertiary/aromatic N) is 3. The second-order valence-electron chi connectivity index (χ2n) is 5.11. The van der Waals surface area contributed by atoms with Crippen molar-refractivity contribution in [1.29, 1.82) is 5.26 Å². The SMILES string of the molecule is CC1CN(CCOc2ccc(C#N)cc2)CCN1C. The van der Waals surface area contributed by atoms with Crippen LogP contribution in [0.15, 0.2) is 24.3 Å². The Kier molecular flexibility index (Phi) is 4.78. The topological polar surface area (TPSA) is 39.5 Å². The Morgan fingerprint density at radius 1 is 1.32 bits per heavy atom. The molecule has 4 nitrogen and oxygen atoms in total. The van der Waals surface area contributed by atoms with Crippen molar-refractivity contribution < 1.29 is 4.74 Å². The van der Waals surface area contributed by atoms with Crippen LogP contribution in [0.3, 0.4) is 0 Å². The molecule has 0 aliphatic carbocycles. The van der Waals surface area contributed by atoms with Gasteiger partial charge in [0.1, 0.15) is 12.4 Å². The van der Waals surface area contributed by atoms with Crippen molar-refractivity contribution in [3.8, 4) is 11.8 Å². The minimum absolute atomic E-state index is 0.615.